The molecular weight excluding hydrogens is 422 g/mol. The van der Waals surface area contributed by atoms with E-state index in [1.165, 1.54) is 6.92 Å². The maximum absolute atomic E-state index is 12.5. The first kappa shape index (κ1) is 20.7. The minimum absolute atomic E-state index is 0.159. The van der Waals surface area contributed by atoms with Crippen molar-refractivity contribution in [2.75, 3.05) is 0 Å². The van der Waals surface area contributed by atoms with Crippen LogP contribution in [0.15, 0.2) is 56.3 Å². The molecule has 158 valence electrons. The zero-order valence-electron chi connectivity index (χ0n) is 16.7. The summed E-state index contributed by atoms with van der Waals surface area (Å²) in [5.74, 6) is -2.02. The van der Waals surface area contributed by atoms with Crippen molar-refractivity contribution in [2.45, 2.75) is 26.3 Å². The molecule has 0 radical (unpaired) electrons. The lowest BCUT2D eigenvalue weighted by Crippen LogP contribution is -2.46. The molecule has 2 aromatic carbocycles. The third-order valence-electron chi connectivity index (χ3n) is 5.21. The third-order valence-corrected chi connectivity index (χ3v) is 5.46. The first-order valence-electron chi connectivity index (χ1n) is 9.48. The van der Waals surface area contributed by atoms with Crippen LogP contribution < -0.4 is 16.0 Å². The lowest BCUT2D eigenvalue weighted by Gasteiger charge is -2.15. The topological polar surface area (TPSA) is 113 Å². The Labute approximate surface area is 181 Å². The van der Waals surface area contributed by atoms with Gasteiger partial charge in [-0.1, -0.05) is 23.7 Å². The van der Waals surface area contributed by atoms with Gasteiger partial charge in [0.05, 0.1) is 30.3 Å². The molecule has 8 heteroatoms. The lowest BCUT2D eigenvalue weighted by molar-refractivity contribution is -0.307. The normalized spacial score (nSPS) is 12.2. The van der Waals surface area contributed by atoms with Crippen LogP contribution in [0.25, 0.3) is 33.1 Å². The standard InChI is InChI=1S/C23H18ClNO6/c1-11-15-7-17-18(13-3-5-14(24)6-4-13)10-30-19(17)9-20(15)31-23(29)16(11)8-21(26)25-12(2)22(27)28/h3-7,9-10,12H,8H2,1-2H3,(H,25,26)(H,27,28)/p-1/t12-/m0/s1. The second-order valence-corrected chi connectivity index (χ2v) is 7.72. The van der Waals surface area contributed by atoms with Crippen LogP contribution in [0, 0.1) is 6.92 Å². The number of amides is 1. The Bertz CT molecular complexity index is 1380. The predicted molar refractivity (Wildman–Crippen MR) is 114 cm³/mol. The van der Waals surface area contributed by atoms with E-state index in [2.05, 4.69) is 5.32 Å². The van der Waals surface area contributed by atoms with E-state index in [0.717, 1.165) is 16.5 Å². The molecule has 4 aromatic rings. The van der Waals surface area contributed by atoms with Gasteiger partial charge in [-0.15, -0.1) is 0 Å². The summed E-state index contributed by atoms with van der Waals surface area (Å²) in [6.07, 6.45) is 1.31. The van der Waals surface area contributed by atoms with E-state index in [1.54, 1.807) is 31.4 Å². The Hall–Kier alpha value is -3.58. The molecule has 1 N–H and O–H groups in total. The molecule has 31 heavy (non-hydrogen) atoms. The fourth-order valence-corrected chi connectivity index (χ4v) is 3.61. The largest absolute Gasteiger partial charge is 0.548 e. The van der Waals surface area contributed by atoms with Gasteiger partial charge in [0.25, 0.3) is 0 Å². The Morgan fingerprint density at radius 2 is 1.84 bits per heavy atom. The highest BCUT2D eigenvalue weighted by molar-refractivity contribution is 6.30. The fourth-order valence-electron chi connectivity index (χ4n) is 3.48. The van der Waals surface area contributed by atoms with Gasteiger partial charge >= 0.3 is 5.63 Å². The van der Waals surface area contributed by atoms with Crippen LogP contribution in [0.3, 0.4) is 0 Å². The van der Waals surface area contributed by atoms with Gasteiger partial charge in [0.2, 0.25) is 5.91 Å². The molecule has 1 atom stereocenters. The SMILES string of the molecule is Cc1c(CC(=O)N[C@@H](C)C(=O)[O-])c(=O)oc2cc3occ(-c4ccc(Cl)cc4)c3cc12. The van der Waals surface area contributed by atoms with Crippen LogP contribution in [-0.2, 0) is 16.0 Å². The van der Waals surface area contributed by atoms with Crippen molar-refractivity contribution in [1.82, 2.24) is 5.32 Å². The highest BCUT2D eigenvalue weighted by atomic mass is 35.5. The smallest absolute Gasteiger partial charge is 0.340 e. The van der Waals surface area contributed by atoms with Crippen molar-refractivity contribution in [1.29, 1.82) is 0 Å². The van der Waals surface area contributed by atoms with E-state index in [4.69, 9.17) is 20.4 Å². The van der Waals surface area contributed by atoms with E-state index in [1.807, 2.05) is 18.2 Å². The van der Waals surface area contributed by atoms with Crippen molar-refractivity contribution < 1.29 is 23.5 Å². The highest BCUT2D eigenvalue weighted by Crippen LogP contribution is 2.35. The molecule has 4 rings (SSSR count). The van der Waals surface area contributed by atoms with Gasteiger partial charge in [-0.05, 0) is 43.2 Å². The molecule has 0 spiro atoms. The summed E-state index contributed by atoms with van der Waals surface area (Å²) in [7, 11) is 0. The van der Waals surface area contributed by atoms with Crippen molar-refractivity contribution in [3.8, 4) is 11.1 Å². The maximum Gasteiger partial charge on any atom is 0.340 e. The van der Waals surface area contributed by atoms with Crippen molar-refractivity contribution >= 4 is 45.4 Å². The Morgan fingerprint density at radius 3 is 2.52 bits per heavy atom. The summed E-state index contributed by atoms with van der Waals surface area (Å²) >= 11 is 5.98. The quantitative estimate of drug-likeness (QED) is 0.479. The zero-order chi connectivity index (χ0) is 22.3. The van der Waals surface area contributed by atoms with Crippen LogP contribution in [0.2, 0.25) is 5.02 Å². The average Bonchev–Trinajstić information content (AvgIpc) is 3.13. The number of aryl methyl sites for hydroxylation is 1. The molecule has 0 saturated carbocycles. The molecule has 0 aliphatic heterocycles. The van der Waals surface area contributed by atoms with Crippen LogP contribution in [0.5, 0.6) is 0 Å². The summed E-state index contributed by atoms with van der Waals surface area (Å²) in [6.45, 7) is 3.01. The number of benzene rings is 2. The Kier molecular flexibility index (Phi) is 5.29. The highest BCUT2D eigenvalue weighted by Gasteiger charge is 2.18. The van der Waals surface area contributed by atoms with Gasteiger partial charge in [-0.2, -0.15) is 0 Å². The molecular formula is C23H17ClNO6-. The third kappa shape index (κ3) is 3.92. The van der Waals surface area contributed by atoms with Gasteiger partial charge in [0, 0.05) is 27.4 Å². The van der Waals surface area contributed by atoms with Gasteiger partial charge in [-0.3, -0.25) is 4.79 Å². The summed E-state index contributed by atoms with van der Waals surface area (Å²) < 4.78 is 11.1. The van der Waals surface area contributed by atoms with E-state index < -0.39 is 23.5 Å². The molecule has 2 aromatic heterocycles. The van der Waals surface area contributed by atoms with E-state index in [9.17, 15) is 19.5 Å². The van der Waals surface area contributed by atoms with Crippen molar-refractivity contribution in [2.24, 2.45) is 0 Å². The summed E-state index contributed by atoms with van der Waals surface area (Å²) in [5, 5.41) is 15.2. The van der Waals surface area contributed by atoms with Gasteiger partial charge in [0.15, 0.2) is 0 Å². The number of halogens is 1. The molecule has 0 aliphatic carbocycles. The van der Waals surface area contributed by atoms with E-state index >= 15 is 0 Å². The second-order valence-electron chi connectivity index (χ2n) is 7.28. The number of hydrogen-bond donors (Lipinski definition) is 1. The number of furan rings is 1. The van der Waals surface area contributed by atoms with Gasteiger partial charge < -0.3 is 24.1 Å². The lowest BCUT2D eigenvalue weighted by atomic mass is 9.99. The number of hydrogen-bond acceptors (Lipinski definition) is 6. The maximum atomic E-state index is 12.5. The van der Waals surface area contributed by atoms with Crippen molar-refractivity contribution in [3.05, 3.63) is 69.2 Å². The molecule has 0 unspecified atom stereocenters. The average molecular weight is 439 g/mol. The molecule has 0 fully saturated rings. The predicted octanol–water partition coefficient (Wildman–Crippen LogP) is 2.97. The van der Waals surface area contributed by atoms with E-state index in [-0.39, 0.29) is 12.0 Å². The number of carbonyl (C=O) groups excluding carboxylic acids is 2. The number of nitrogens with one attached hydrogen (secondary N) is 1. The van der Waals surface area contributed by atoms with Gasteiger partial charge in [0.1, 0.15) is 11.2 Å². The van der Waals surface area contributed by atoms with Crippen LogP contribution in [-0.4, -0.2) is 17.9 Å². The van der Waals surface area contributed by atoms with Crippen LogP contribution >= 0.6 is 11.6 Å². The van der Waals surface area contributed by atoms with Crippen molar-refractivity contribution in [3.63, 3.8) is 0 Å². The first-order valence-corrected chi connectivity index (χ1v) is 9.86. The molecule has 0 saturated heterocycles. The zero-order valence-corrected chi connectivity index (χ0v) is 17.4. The molecule has 0 bridgehead atoms. The minimum atomic E-state index is -1.41. The number of carboxylic acid groups (broad SMARTS) is 1. The first-order chi connectivity index (χ1) is 14.7. The Morgan fingerprint density at radius 1 is 1.13 bits per heavy atom. The Balaban J connectivity index is 1.79. The number of fused-ring (bicyclic) bond motifs is 2. The number of rotatable bonds is 5. The molecule has 0 aliphatic rings. The minimum Gasteiger partial charge on any atom is -0.548 e. The summed E-state index contributed by atoms with van der Waals surface area (Å²) in [5.41, 5.74) is 2.71. The molecule has 1 amide bonds. The number of carboxylic acids is 1. The number of aliphatic carboxylic acids is 1. The second kappa shape index (κ2) is 7.92. The van der Waals surface area contributed by atoms with Crippen LogP contribution in [0.1, 0.15) is 18.1 Å². The summed E-state index contributed by atoms with van der Waals surface area (Å²) in [6, 6.07) is 9.64. The summed E-state index contributed by atoms with van der Waals surface area (Å²) in [4.78, 5) is 35.5. The van der Waals surface area contributed by atoms with Gasteiger partial charge in [-0.25, -0.2) is 4.79 Å². The monoisotopic (exact) mass is 438 g/mol. The number of carbonyl (C=O) groups is 2. The molecule has 7 nitrogen and oxygen atoms in total. The van der Waals surface area contributed by atoms with E-state index in [0.29, 0.717) is 27.1 Å². The molecule has 2 heterocycles. The van der Waals surface area contributed by atoms with Crippen LogP contribution in [0.4, 0.5) is 0 Å². The fraction of sp³-hybridized carbons (Fsp3) is 0.174.